The summed E-state index contributed by atoms with van der Waals surface area (Å²) in [4.78, 5) is 24.7. The predicted octanol–water partition coefficient (Wildman–Crippen LogP) is 2.28. The maximum Gasteiger partial charge on any atom is 0.193 e. The Hall–Kier alpha value is -1.37. The standard InChI is InChI=1S/C23H31FO5/c1-12-9-17-16-6-5-14-10-15(26)7-8-20(14,3)22(16,24)18(27)11-21(17,4)23(12,29)19(28)13(2)25/h7-8,10,12-13,16-18,25,27,29H,5-6,9,11H2,1-4H3/t12-,13?,16+,17+,18+,20+,21+,22+,23+/m1/s1. The van der Waals surface area contributed by atoms with E-state index in [0.717, 1.165) is 0 Å². The van der Waals surface area contributed by atoms with Crippen LogP contribution in [0.15, 0.2) is 23.8 Å². The van der Waals surface area contributed by atoms with Crippen molar-refractivity contribution in [2.24, 2.45) is 28.6 Å². The molecule has 29 heavy (non-hydrogen) atoms. The quantitative estimate of drug-likeness (QED) is 0.654. The van der Waals surface area contributed by atoms with Gasteiger partial charge in [0.15, 0.2) is 17.2 Å². The van der Waals surface area contributed by atoms with Crippen molar-refractivity contribution in [3.05, 3.63) is 23.8 Å². The molecular formula is C23H31FO5. The Morgan fingerprint density at radius 1 is 1.31 bits per heavy atom. The zero-order valence-electron chi connectivity index (χ0n) is 17.5. The first-order valence-electron chi connectivity index (χ1n) is 10.6. The van der Waals surface area contributed by atoms with Gasteiger partial charge in [0.25, 0.3) is 0 Å². The van der Waals surface area contributed by atoms with Crippen LogP contribution < -0.4 is 0 Å². The number of alkyl halides is 1. The first kappa shape index (κ1) is 20.9. The summed E-state index contributed by atoms with van der Waals surface area (Å²) in [6, 6.07) is 0. The third-order valence-corrected chi connectivity index (χ3v) is 8.98. The van der Waals surface area contributed by atoms with Crippen LogP contribution in [0.5, 0.6) is 0 Å². The number of carbonyl (C=O) groups is 2. The van der Waals surface area contributed by atoms with Crippen molar-refractivity contribution in [3.8, 4) is 0 Å². The predicted molar refractivity (Wildman–Crippen MR) is 105 cm³/mol. The summed E-state index contributed by atoms with van der Waals surface area (Å²) in [5.74, 6) is -2.15. The molecular weight excluding hydrogens is 375 g/mol. The van der Waals surface area contributed by atoms with Gasteiger partial charge in [-0.25, -0.2) is 4.39 Å². The smallest absolute Gasteiger partial charge is 0.193 e. The number of halogens is 1. The number of carbonyl (C=O) groups excluding carboxylic acids is 2. The molecule has 3 saturated carbocycles. The number of aliphatic hydroxyl groups is 3. The number of fused-ring (bicyclic) bond motifs is 5. The highest BCUT2D eigenvalue weighted by atomic mass is 19.1. The van der Waals surface area contributed by atoms with E-state index in [1.165, 1.54) is 19.1 Å². The van der Waals surface area contributed by atoms with Crippen LogP contribution >= 0.6 is 0 Å². The molecule has 0 heterocycles. The first-order chi connectivity index (χ1) is 13.3. The molecule has 3 N–H and O–H groups in total. The SMILES string of the molecule is CC(O)C(=O)[C@@]1(O)[C@H](C)C[C@H]2[C@@H]3CCC4=CC(=O)C=C[C@]4(C)[C@@]3(F)[C@@H](O)C[C@@]21C. The van der Waals surface area contributed by atoms with Crippen molar-refractivity contribution in [1.82, 2.24) is 0 Å². The Morgan fingerprint density at radius 3 is 2.59 bits per heavy atom. The van der Waals surface area contributed by atoms with Gasteiger partial charge in [-0.3, -0.25) is 9.59 Å². The minimum absolute atomic E-state index is 0.0748. The lowest BCUT2D eigenvalue weighted by Crippen LogP contribution is -2.69. The average molecular weight is 406 g/mol. The van der Waals surface area contributed by atoms with Crippen molar-refractivity contribution in [2.45, 2.75) is 76.9 Å². The second-order valence-electron chi connectivity index (χ2n) is 10.2. The Bertz CT molecular complexity index is 833. The summed E-state index contributed by atoms with van der Waals surface area (Å²) < 4.78 is 16.9. The van der Waals surface area contributed by atoms with Crippen LogP contribution in [-0.2, 0) is 9.59 Å². The minimum Gasteiger partial charge on any atom is -0.390 e. The van der Waals surface area contributed by atoms with Crippen molar-refractivity contribution < 1.29 is 29.3 Å². The monoisotopic (exact) mass is 406 g/mol. The average Bonchev–Trinajstić information content (AvgIpc) is 2.84. The molecule has 0 spiro atoms. The topological polar surface area (TPSA) is 94.8 Å². The van der Waals surface area contributed by atoms with Crippen LogP contribution in [0.4, 0.5) is 4.39 Å². The molecule has 0 aliphatic heterocycles. The van der Waals surface area contributed by atoms with E-state index in [2.05, 4.69) is 0 Å². The highest BCUT2D eigenvalue weighted by Crippen LogP contribution is 2.70. The zero-order valence-corrected chi connectivity index (χ0v) is 17.5. The first-order valence-corrected chi connectivity index (χ1v) is 10.6. The lowest BCUT2D eigenvalue weighted by molar-refractivity contribution is -0.220. The molecule has 160 valence electrons. The van der Waals surface area contributed by atoms with E-state index in [9.17, 15) is 24.9 Å². The molecule has 0 radical (unpaired) electrons. The highest BCUT2D eigenvalue weighted by molar-refractivity contribution is 6.01. The van der Waals surface area contributed by atoms with Crippen LogP contribution in [0.2, 0.25) is 0 Å². The second kappa shape index (κ2) is 6.08. The molecule has 0 aromatic carbocycles. The van der Waals surface area contributed by atoms with Gasteiger partial charge in [0.2, 0.25) is 0 Å². The van der Waals surface area contributed by atoms with Crippen molar-refractivity contribution in [1.29, 1.82) is 0 Å². The molecule has 4 aliphatic carbocycles. The maximum absolute atomic E-state index is 16.9. The van der Waals surface area contributed by atoms with E-state index in [-0.39, 0.29) is 18.1 Å². The third kappa shape index (κ3) is 2.26. The molecule has 5 nitrogen and oxygen atoms in total. The molecule has 0 amide bonds. The molecule has 4 rings (SSSR count). The van der Waals surface area contributed by atoms with Gasteiger partial charge in [0, 0.05) is 16.7 Å². The fourth-order valence-corrected chi connectivity index (χ4v) is 7.39. The molecule has 3 fully saturated rings. The summed E-state index contributed by atoms with van der Waals surface area (Å²) in [5, 5.41) is 32.7. The third-order valence-electron chi connectivity index (χ3n) is 8.98. The fraction of sp³-hybridized carbons (Fsp3) is 0.739. The Morgan fingerprint density at radius 2 is 1.97 bits per heavy atom. The number of ketones is 2. The Balaban J connectivity index is 1.83. The van der Waals surface area contributed by atoms with Gasteiger partial charge in [-0.1, -0.05) is 25.5 Å². The van der Waals surface area contributed by atoms with Crippen molar-refractivity contribution in [2.75, 3.05) is 0 Å². The molecule has 0 bridgehead atoms. The number of Topliss-reactive ketones (excluding diaryl/α,β-unsaturated/α-hetero) is 1. The molecule has 0 aromatic rings. The minimum atomic E-state index is -1.99. The van der Waals surface area contributed by atoms with Crippen molar-refractivity contribution >= 4 is 11.6 Å². The number of hydrogen-bond acceptors (Lipinski definition) is 5. The maximum atomic E-state index is 16.9. The normalized spacial score (nSPS) is 52.3. The van der Waals surface area contributed by atoms with E-state index in [1.54, 1.807) is 26.8 Å². The number of hydrogen-bond donors (Lipinski definition) is 3. The zero-order chi connectivity index (χ0) is 21.6. The molecule has 9 atom stereocenters. The highest BCUT2D eigenvalue weighted by Gasteiger charge is 2.75. The number of allylic oxidation sites excluding steroid dienone is 4. The summed E-state index contributed by atoms with van der Waals surface area (Å²) in [6.45, 7) is 6.61. The Kier molecular flexibility index (Phi) is 4.38. The van der Waals surface area contributed by atoms with E-state index < -0.39 is 51.9 Å². The van der Waals surface area contributed by atoms with Crippen LogP contribution in [0.1, 0.15) is 53.4 Å². The van der Waals surface area contributed by atoms with Crippen LogP contribution in [0.3, 0.4) is 0 Å². The van der Waals surface area contributed by atoms with E-state index in [0.29, 0.717) is 24.8 Å². The summed E-state index contributed by atoms with van der Waals surface area (Å²) in [5.41, 5.74) is -5.23. The van der Waals surface area contributed by atoms with Gasteiger partial charge < -0.3 is 15.3 Å². The van der Waals surface area contributed by atoms with Gasteiger partial charge in [0.1, 0.15) is 11.7 Å². The van der Waals surface area contributed by atoms with Gasteiger partial charge in [0.05, 0.1) is 6.10 Å². The lowest BCUT2D eigenvalue weighted by Gasteiger charge is -2.62. The van der Waals surface area contributed by atoms with Gasteiger partial charge >= 0.3 is 0 Å². The second-order valence-corrected chi connectivity index (χ2v) is 10.2. The van der Waals surface area contributed by atoms with E-state index >= 15 is 4.39 Å². The summed E-state index contributed by atoms with van der Waals surface area (Å²) in [7, 11) is 0. The summed E-state index contributed by atoms with van der Waals surface area (Å²) in [6.07, 6.45) is 3.08. The molecule has 6 heteroatoms. The van der Waals surface area contributed by atoms with Gasteiger partial charge in [-0.2, -0.15) is 0 Å². The van der Waals surface area contributed by atoms with Crippen LogP contribution in [-0.4, -0.2) is 50.4 Å². The summed E-state index contributed by atoms with van der Waals surface area (Å²) >= 11 is 0. The van der Waals surface area contributed by atoms with Crippen LogP contribution in [0.25, 0.3) is 0 Å². The lowest BCUT2D eigenvalue weighted by atomic mass is 9.44. The number of rotatable bonds is 2. The van der Waals surface area contributed by atoms with E-state index in [4.69, 9.17) is 0 Å². The largest absolute Gasteiger partial charge is 0.390 e. The molecule has 1 unspecified atom stereocenters. The molecule has 4 aliphatic rings. The molecule has 0 aromatic heterocycles. The Labute approximate surface area is 170 Å². The molecule has 0 saturated heterocycles. The van der Waals surface area contributed by atoms with Crippen molar-refractivity contribution in [3.63, 3.8) is 0 Å². The van der Waals surface area contributed by atoms with E-state index in [1.807, 2.05) is 0 Å². The van der Waals surface area contributed by atoms with Gasteiger partial charge in [-0.15, -0.1) is 0 Å². The van der Waals surface area contributed by atoms with Crippen LogP contribution in [0, 0.1) is 28.6 Å². The van der Waals surface area contributed by atoms with Gasteiger partial charge in [-0.05, 0) is 63.5 Å². The fourth-order valence-electron chi connectivity index (χ4n) is 7.39. The number of aliphatic hydroxyl groups excluding tert-OH is 2.